The standard InChI is InChI=1S/C10H17N3O2S/c1-8(2)13(3)16(14,15)10-6-4-9(12-11)5-7-10/h4-8,12H,11H2,1-3H3. The van der Waals surface area contributed by atoms with Gasteiger partial charge in [-0.15, -0.1) is 0 Å². The van der Waals surface area contributed by atoms with Crippen LogP contribution in [0.15, 0.2) is 29.2 Å². The largest absolute Gasteiger partial charge is 0.324 e. The Morgan fingerprint density at radius 3 is 2.12 bits per heavy atom. The molecule has 0 aliphatic carbocycles. The van der Waals surface area contributed by atoms with Crippen LogP contribution in [0.5, 0.6) is 0 Å². The summed E-state index contributed by atoms with van der Waals surface area (Å²) in [4.78, 5) is 0.266. The predicted octanol–water partition coefficient (Wildman–Crippen LogP) is 1.00. The van der Waals surface area contributed by atoms with E-state index < -0.39 is 10.0 Å². The molecule has 0 bridgehead atoms. The molecule has 3 N–H and O–H groups in total. The number of nitrogen functional groups attached to an aromatic ring is 1. The molecule has 6 heteroatoms. The molecule has 1 aromatic rings. The molecular weight excluding hydrogens is 226 g/mol. The maximum Gasteiger partial charge on any atom is 0.243 e. The van der Waals surface area contributed by atoms with Crippen LogP contribution in [0.25, 0.3) is 0 Å². The van der Waals surface area contributed by atoms with Gasteiger partial charge >= 0.3 is 0 Å². The molecule has 0 radical (unpaired) electrons. The molecule has 1 aromatic carbocycles. The average molecular weight is 243 g/mol. The van der Waals surface area contributed by atoms with Gasteiger partial charge in [0.15, 0.2) is 0 Å². The van der Waals surface area contributed by atoms with E-state index in [0.29, 0.717) is 5.69 Å². The van der Waals surface area contributed by atoms with Gasteiger partial charge in [0.05, 0.1) is 4.90 Å². The monoisotopic (exact) mass is 243 g/mol. The van der Waals surface area contributed by atoms with E-state index in [1.54, 1.807) is 19.2 Å². The van der Waals surface area contributed by atoms with Crippen LogP contribution in [0.1, 0.15) is 13.8 Å². The Morgan fingerprint density at radius 2 is 1.75 bits per heavy atom. The summed E-state index contributed by atoms with van der Waals surface area (Å²) in [5, 5.41) is 0. The first-order valence-corrected chi connectivity index (χ1v) is 6.38. The number of sulfonamides is 1. The van der Waals surface area contributed by atoms with Crippen molar-refractivity contribution in [3.8, 4) is 0 Å². The number of nitrogens with zero attached hydrogens (tertiary/aromatic N) is 1. The molecule has 0 unspecified atom stereocenters. The molecule has 0 atom stereocenters. The van der Waals surface area contributed by atoms with Crippen molar-refractivity contribution in [3.05, 3.63) is 24.3 Å². The highest BCUT2D eigenvalue weighted by atomic mass is 32.2. The number of hydrazine groups is 1. The van der Waals surface area contributed by atoms with E-state index in [2.05, 4.69) is 5.43 Å². The van der Waals surface area contributed by atoms with Crippen LogP contribution in [0.4, 0.5) is 5.69 Å². The average Bonchev–Trinajstić information content (AvgIpc) is 2.28. The van der Waals surface area contributed by atoms with Gasteiger partial charge in [-0.05, 0) is 38.1 Å². The normalized spacial score (nSPS) is 12.1. The van der Waals surface area contributed by atoms with Crippen molar-refractivity contribution in [3.63, 3.8) is 0 Å². The van der Waals surface area contributed by atoms with Gasteiger partial charge in [0.1, 0.15) is 0 Å². The van der Waals surface area contributed by atoms with Gasteiger partial charge in [-0.1, -0.05) is 0 Å². The fourth-order valence-corrected chi connectivity index (χ4v) is 2.53. The van der Waals surface area contributed by atoms with Crippen molar-refractivity contribution in [2.45, 2.75) is 24.8 Å². The first-order valence-electron chi connectivity index (χ1n) is 4.94. The summed E-state index contributed by atoms with van der Waals surface area (Å²) < 4.78 is 25.4. The van der Waals surface area contributed by atoms with Crippen molar-refractivity contribution in [2.75, 3.05) is 12.5 Å². The van der Waals surface area contributed by atoms with Crippen LogP contribution in [-0.2, 0) is 10.0 Å². The zero-order chi connectivity index (χ0) is 12.3. The lowest BCUT2D eigenvalue weighted by Gasteiger charge is -2.20. The maximum atomic E-state index is 12.0. The summed E-state index contributed by atoms with van der Waals surface area (Å²) in [7, 11) is -1.83. The van der Waals surface area contributed by atoms with Gasteiger partial charge in [-0.25, -0.2) is 8.42 Å². The van der Waals surface area contributed by atoms with E-state index in [-0.39, 0.29) is 10.9 Å². The topological polar surface area (TPSA) is 75.4 Å². The summed E-state index contributed by atoms with van der Waals surface area (Å²) >= 11 is 0. The highest BCUT2D eigenvalue weighted by Crippen LogP contribution is 2.18. The third kappa shape index (κ3) is 2.52. The summed E-state index contributed by atoms with van der Waals surface area (Å²) in [6, 6.07) is 6.24. The van der Waals surface area contributed by atoms with Crippen LogP contribution >= 0.6 is 0 Å². The number of hydrogen-bond acceptors (Lipinski definition) is 4. The Balaban J connectivity index is 3.08. The van der Waals surface area contributed by atoms with Crippen molar-refractivity contribution in [1.29, 1.82) is 0 Å². The zero-order valence-electron chi connectivity index (χ0n) is 9.64. The smallest absolute Gasteiger partial charge is 0.243 e. The van der Waals surface area contributed by atoms with E-state index in [0.717, 1.165) is 0 Å². The molecular formula is C10H17N3O2S. The van der Waals surface area contributed by atoms with Crippen LogP contribution in [0.2, 0.25) is 0 Å². The lowest BCUT2D eigenvalue weighted by atomic mass is 10.3. The summed E-state index contributed by atoms with van der Waals surface area (Å²) in [6.45, 7) is 3.65. The molecule has 5 nitrogen and oxygen atoms in total. The van der Waals surface area contributed by atoms with E-state index in [9.17, 15) is 8.42 Å². The van der Waals surface area contributed by atoms with E-state index in [4.69, 9.17) is 5.84 Å². The molecule has 1 rings (SSSR count). The molecule has 0 aliphatic heterocycles. The van der Waals surface area contributed by atoms with Crippen molar-refractivity contribution >= 4 is 15.7 Å². The van der Waals surface area contributed by atoms with Gasteiger partial charge in [-0.2, -0.15) is 4.31 Å². The van der Waals surface area contributed by atoms with Crippen molar-refractivity contribution in [2.24, 2.45) is 5.84 Å². The molecule has 0 saturated carbocycles. The minimum Gasteiger partial charge on any atom is -0.324 e. The number of benzene rings is 1. The van der Waals surface area contributed by atoms with Crippen molar-refractivity contribution < 1.29 is 8.42 Å². The minimum absolute atomic E-state index is 0.0719. The van der Waals surface area contributed by atoms with Crippen LogP contribution in [0.3, 0.4) is 0 Å². The number of nitrogens with two attached hydrogens (primary N) is 1. The summed E-state index contributed by atoms with van der Waals surface area (Å²) in [6.07, 6.45) is 0. The third-order valence-corrected chi connectivity index (χ3v) is 4.47. The maximum absolute atomic E-state index is 12.0. The first-order chi connectivity index (χ1) is 7.39. The summed E-state index contributed by atoms with van der Waals surface area (Å²) in [5.74, 6) is 5.21. The SMILES string of the molecule is CC(C)N(C)S(=O)(=O)c1ccc(NN)cc1. The Hall–Kier alpha value is -1.11. The second-order valence-electron chi connectivity index (χ2n) is 3.78. The quantitative estimate of drug-likeness (QED) is 0.611. The Kier molecular flexibility index (Phi) is 3.90. The van der Waals surface area contributed by atoms with Gasteiger partial charge in [0, 0.05) is 18.8 Å². The van der Waals surface area contributed by atoms with Gasteiger partial charge in [-0.3, -0.25) is 5.84 Å². The molecule has 0 fully saturated rings. The van der Waals surface area contributed by atoms with Crippen LogP contribution < -0.4 is 11.3 Å². The predicted molar refractivity (Wildman–Crippen MR) is 64.3 cm³/mol. The molecule has 0 aromatic heterocycles. The van der Waals surface area contributed by atoms with Gasteiger partial charge in [0.2, 0.25) is 10.0 Å². The second-order valence-corrected chi connectivity index (χ2v) is 5.78. The molecule has 16 heavy (non-hydrogen) atoms. The summed E-state index contributed by atoms with van der Waals surface area (Å²) in [5.41, 5.74) is 3.12. The van der Waals surface area contributed by atoms with E-state index in [1.807, 2.05) is 13.8 Å². The fourth-order valence-electron chi connectivity index (χ4n) is 1.17. The number of anilines is 1. The first kappa shape index (κ1) is 13.0. The Morgan fingerprint density at radius 1 is 1.25 bits per heavy atom. The number of rotatable bonds is 4. The lowest BCUT2D eigenvalue weighted by Crippen LogP contribution is -2.33. The van der Waals surface area contributed by atoms with Crippen LogP contribution in [0, 0.1) is 0 Å². The molecule has 0 amide bonds. The lowest BCUT2D eigenvalue weighted by molar-refractivity contribution is 0.410. The highest BCUT2D eigenvalue weighted by molar-refractivity contribution is 7.89. The molecule has 0 heterocycles. The second kappa shape index (κ2) is 4.82. The molecule has 0 spiro atoms. The zero-order valence-corrected chi connectivity index (χ0v) is 10.5. The van der Waals surface area contributed by atoms with Crippen molar-refractivity contribution in [1.82, 2.24) is 4.31 Å². The van der Waals surface area contributed by atoms with E-state index >= 15 is 0 Å². The van der Waals surface area contributed by atoms with Gasteiger partial charge in [0.25, 0.3) is 0 Å². The third-order valence-electron chi connectivity index (χ3n) is 2.43. The molecule has 0 aliphatic rings. The fraction of sp³-hybridized carbons (Fsp3) is 0.400. The minimum atomic E-state index is -3.40. The Labute approximate surface area is 96.3 Å². The van der Waals surface area contributed by atoms with Crippen LogP contribution in [-0.4, -0.2) is 25.8 Å². The molecule has 90 valence electrons. The highest BCUT2D eigenvalue weighted by Gasteiger charge is 2.22. The Bertz CT molecular complexity index is 440. The van der Waals surface area contributed by atoms with Gasteiger partial charge < -0.3 is 5.43 Å². The molecule has 0 saturated heterocycles. The van der Waals surface area contributed by atoms with E-state index in [1.165, 1.54) is 16.4 Å². The number of hydrogen-bond donors (Lipinski definition) is 2. The number of nitrogens with one attached hydrogen (secondary N) is 1.